The molecule has 0 heterocycles. The van der Waals surface area contributed by atoms with Crippen molar-refractivity contribution in [3.8, 4) is 0 Å². The van der Waals surface area contributed by atoms with Crippen LogP contribution in [0.15, 0.2) is 29.2 Å². The number of ether oxygens (including phenoxy) is 1. The number of hydrazine groups is 1. The Bertz CT molecular complexity index is 638. The van der Waals surface area contributed by atoms with E-state index in [0.717, 1.165) is 11.1 Å². The van der Waals surface area contributed by atoms with Gasteiger partial charge in [0, 0.05) is 0 Å². The minimum absolute atomic E-state index is 0.170. The van der Waals surface area contributed by atoms with E-state index in [4.69, 9.17) is 0 Å². The van der Waals surface area contributed by atoms with E-state index >= 15 is 0 Å². The molecule has 1 aliphatic carbocycles. The molecule has 1 aromatic rings. The zero-order valence-electron chi connectivity index (χ0n) is 11.0. The highest BCUT2D eigenvalue weighted by atomic mass is 32.2. The molecule has 0 fully saturated rings. The summed E-state index contributed by atoms with van der Waals surface area (Å²) in [7, 11) is -3.74. The normalized spacial score (nSPS) is 14.2. The summed E-state index contributed by atoms with van der Waals surface area (Å²) in [6.07, 6.45) is 1.85. The van der Waals surface area contributed by atoms with E-state index in [-0.39, 0.29) is 11.5 Å². The lowest BCUT2D eigenvalue weighted by atomic mass is 9.98. The van der Waals surface area contributed by atoms with Crippen molar-refractivity contribution in [2.24, 2.45) is 0 Å². The van der Waals surface area contributed by atoms with Crippen LogP contribution >= 0.6 is 0 Å². The third-order valence-corrected chi connectivity index (χ3v) is 4.30. The molecule has 0 unspecified atom stereocenters. The first-order valence-electron chi connectivity index (χ1n) is 6.26. The second-order valence-electron chi connectivity index (χ2n) is 4.26. The van der Waals surface area contributed by atoms with E-state index < -0.39 is 16.1 Å². The molecule has 0 saturated carbocycles. The molecule has 0 spiro atoms. The maximum absolute atomic E-state index is 12.1. The van der Waals surface area contributed by atoms with Gasteiger partial charge in [0.2, 0.25) is 0 Å². The second kappa shape index (κ2) is 6.06. The minimum Gasteiger partial charge on any atom is -0.449 e. The number of benzene rings is 1. The zero-order chi connectivity index (χ0) is 14.6. The molecule has 7 heteroatoms. The molecule has 1 aliphatic rings. The predicted octanol–water partition coefficient (Wildman–Crippen LogP) is 1.55. The van der Waals surface area contributed by atoms with Gasteiger partial charge in [0.05, 0.1) is 11.5 Å². The highest BCUT2D eigenvalue weighted by Crippen LogP contribution is 2.26. The van der Waals surface area contributed by atoms with Crippen LogP contribution in [0.3, 0.4) is 0 Å². The van der Waals surface area contributed by atoms with Crippen molar-refractivity contribution in [2.75, 3.05) is 6.61 Å². The highest BCUT2D eigenvalue weighted by molar-refractivity contribution is 7.93. The van der Waals surface area contributed by atoms with E-state index in [1.165, 1.54) is 0 Å². The Morgan fingerprint density at radius 3 is 2.80 bits per heavy atom. The van der Waals surface area contributed by atoms with Crippen molar-refractivity contribution in [1.82, 2.24) is 10.3 Å². The summed E-state index contributed by atoms with van der Waals surface area (Å²) in [6, 6.07) is 7.62. The molecular weight excluding hydrogens is 280 g/mol. The summed E-state index contributed by atoms with van der Waals surface area (Å²) < 4.78 is 28.7. The van der Waals surface area contributed by atoms with Crippen molar-refractivity contribution in [3.05, 3.63) is 40.3 Å². The van der Waals surface area contributed by atoms with Crippen LogP contribution in [0.2, 0.25) is 0 Å². The number of fused-ring (bicyclic) bond motifs is 1. The fourth-order valence-corrected chi connectivity index (χ4v) is 2.96. The smallest absolute Gasteiger partial charge is 0.422 e. The maximum Gasteiger partial charge on any atom is 0.422 e. The number of sulfonamides is 1. The van der Waals surface area contributed by atoms with Crippen molar-refractivity contribution in [1.29, 1.82) is 0 Å². The average molecular weight is 296 g/mol. The number of aryl methyl sites for hydroxylation is 1. The largest absolute Gasteiger partial charge is 0.449 e. The summed E-state index contributed by atoms with van der Waals surface area (Å²) in [5, 5.41) is 0. The Labute approximate surface area is 117 Å². The first kappa shape index (κ1) is 14.5. The van der Waals surface area contributed by atoms with Gasteiger partial charge in [-0.15, -0.1) is 4.83 Å². The molecule has 20 heavy (non-hydrogen) atoms. The Hall–Kier alpha value is -1.86. The Kier molecular flexibility index (Phi) is 4.41. The van der Waals surface area contributed by atoms with Crippen LogP contribution in [-0.2, 0) is 21.2 Å². The molecule has 2 N–H and O–H groups in total. The number of carbonyl (C=O) groups excluding carboxylic acids is 1. The van der Waals surface area contributed by atoms with E-state index in [1.54, 1.807) is 13.0 Å². The van der Waals surface area contributed by atoms with Gasteiger partial charge >= 0.3 is 6.09 Å². The molecule has 6 nitrogen and oxygen atoms in total. The SMILES string of the molecule is CCOC(=O)NNS(=O)(=O)C1=Cc2ccccc2CC1. The molecule has 0 saturated heterocycles. The first-order valence-corrected chi connectivity index (χ1v) is 7.74. The fourth-order valence-electron chi connectivity index (χ4n) is 1.96. The zero-order valence-corrected chi connectivity index (χ0v) is 11.9. The van der Waals surface area contributed by atoms with E-state index in [1.807, 2.05) is 34.5 Å². The Balaban J connectivity index is 2.11. The van der Waals surface area contributed by atoms with Crippen molar-refractivity contribution in [2.45, 2.75) is 19.8 Å². The molecule has 0 aliphatic heterocycles. The highest BCUT2D eigenvalue weighted by Gasteiger charge is 2.22. The Morgan fingerprint density at radius 1 is 1.30 bits per heavy atom. The lowest BCUT2D eigenvalue weighted by Gasteiger charge is -2.17. The fraction of sp³-hybridized carbons (Fsp3) is 0.308. The van der Waals surface area contributed by atoms with Gasteiger partial charge in [-0.25, -0.2) is 18.6 Å². The summed E-state index contributed by atoms with van der Waals surface area (Å²) in [5.74, 6) is 0. The molecule has 1 aromatic carbocycles. The quantitative estimate of drug-likeness (QED) is 0.826. The van der Waals surface area contributed by atoms with Crippen LogP contribution in [0.5, 0.6) is 0 Å². The van der Waals surface area contributed by atoms with Gasteiger partial charge in [-0.2, -0.15) is 0 Å². The lowest BCUT2D eigenvalue weighted by molar-refractivity contribution is 0.150. The van der Waals surface area contributed by atoms with E-state index in [2.05, 4.69) is 4.74 Å². The monoisotopic (exact) mass is 296 g/mol. The van der Waals surface area contributed by atoms with Gasteiger partial charge in [0.1, 0.15) is 0 Å². The van der Waals surface area contributed by atoms with Crippen LogP contribution in [0.4, 0.5) is 4.79 Å². The van der Waals surface area contributed by atoms with Gasteiger partial charge < -0.3 is 4.74 Å². The van der Waals surface area contributed by atoms with E-state index in [9.17, 15) is 13.2 Å². The van der Waals surface area contributed by atoms with Crippen LogP contribution in [0, 0.1) is 0 Å². The van der Waals surface area contributed by atoms with Crippen LogP contribution in [-0.4, -0.2) is 21.1 Å². The summed E-state index contributed by atoms with van der Waals surface area (Å²) in [6.45, 7) is 1.80. The van der Waals surface area contributed by atoms with Gasteiger partial charge in [0.15, 0.2) is 0 Å². The van der Waals surface area contributed by atoms with Gasteiger partial charge in [0.25, 0.3) is 10.0 Å². The molecular formula is C13H16N2O4S. The van der Waals surface area contributed by atoms with Gasteiger partial charge in [-0.1, -0.05) is 24.3 Å². The molecule has 0 radical (unpaired) electrons. The molecule has 108 valence electrons. The molecule has 0 aromatic heterocycles. The number of allylic oxidation sites excluding steroid dienone is 1. The number of amides is 1. The molecule has 0 bridgehead atoms. The van der Waals surface area contributed by atoms with Crippen LogP contribution in [0.1, 0.15) is 24.5 Å². The number of nitrogens with one attached hydrogen (secondary N) is 2. The van der Waals surface area contributed by atoms with Crippen molar-refractivity contribution in [3.63, 3.8) is 0 Å². The average Bonchev–Trinajstić information content (AvgIpc) is 2.45. The summed E-state index contributed by atoms with van der Waals surface area (Å²) in [5.41, 5.74) is 4.01. The lowest BCUT2D eigenvalue weighted by Crippen LogP contribution is -2.42. The standard InChI is InChI=1S/C13H16N2O4S/c1-2-19-13(16)14-15-20(17,18)12-8-7-10-5-3-4-6-11(10)9-12/h3-6,9,15H,2,7-8H2,1H3,(H,14,16). The summed E-state index contributed by atoms with van der Waals surface area (Å²) >= 11 is 0. The van der Waals surface area contributed by atoms with Crippen LogP contribution < -0.4 is 10.3 Å². The molecule has 1 amide bonds. The van der Waals surface area contributed by atoms with Crippen molar-refractivity contribution < 1.29 is 17.9 Å². The molecule has 0 atom stereocenters. The Morgan fingerprint density at radius 2 is 2.05 bits per heavy atom. The van der Waals surface area contributed by atoms with Gasteiger partial charge in [-0.05, 0) is 37.0 Å². The van der Waals surface area contributed by atoms with Crippen LogP contribution in [0.25, 0.3) is 6.08 Å². The summed E-state index contributed by atoms with van der Waals surface area (Å²) in [4.78, 5) is 13.4. The van der Waals surface area contributed by atoms with Gasteiger partial charge in [-0.3, -0.25) is 0 Å². The maximum atomic E-state index is 12.1. The second-order valence-corrected chi connectivity index (χ2v) is 6.00. The number of hydrogen-bond donors (Lipinski definition) is 2. The van der Waals surface area contributed by atoms with E-state index in [0.29, 0.717) is 12.8 Å². The topological polar surface area (TPSA) is 84.5 Å². The minimum atomic E-state index is -3.74. The first-order chi connectivity index (χ1) is 9.53. The van der Waals surface area contributed by atoms with Crippen molar-refractivity contribution >= 4 is 22.2 Å². The third kappa shape index (κ3) is 3.37. The molecule has 2 rings (SSSR count). The number of hydrogen-bond acceptors (Lipinski definition) is 4. The predicted molar refractivity (Wildman–Crippen MR) is 75.0 cm³/mol. The third-order valence-electron chi connectivity index (χ3n) is 2.92. The number of carbonyl (C=O) groups is 1. The number of rotatable bonds is 4.